The second kappa shape index (κ2) is 7.11. The van der Waals surface area contributed by atoms with Gasteiger partial charge in [-0.2, -0.15) is 0 Å². The largest absolute Gasteiger partial charge is 0.493 e. The van der Waals surface area contributed by atoms with Gasteiger partial charge in [0.15, 0.2) is 11.5 Å². The molecule has 0 saturated heterocycles. The van der Waals surface area contributed by atoms with Gasteiger partial charge in [0.2, 0.25) is 5.75 Å². The SMILES string of the molecule is CCOc1c(OC)cc(COC)c(CC)c1OC. The fourth-order valence-electron chi connectivity index (χ4n) is 2.03. The number of hydrogen-bond donors (Lipinski definition) is 0. The van der Waals surface area contributed by atoms with Crippen LogP contribution >= 0.6 is 0 Å². The molecule has 102 valence electrons. The highest BCUT2D eigenvalue weighted by Gasteiger charge is 2.19. The molecular formula is C14H22O4. The Morgan fingerprint density at radius 2 is 1.72 bits per heavy atom. The molecular weight excluding hydrogens is 232 g/mol. The Morgan fingerprint density at radius 1 is 1.00 bits per heavy atom. The van der Waals surface area contributed by atoms with Crippen LogP contribution in [-0.2, 0) is 17.8 Å². The van der Waals surface area contributed by atoms with E-state index in [4.69, 9.17) is 18.9 Å². The van der Waals surface area contributed by atoms with E-state index >= 15 is 0 Å². The lowest BCUT2D eigenvalue weighted by molar-refractivity contribution is 0.183. The van der Waals surface area contributed by atoms with E-state index in [2.05, 4.69) is 6.92 Å². The molecule has 4 nitrogen and oxygen atoms in total. The van der Waals surface area contributed by atoms with Gasteiger partial charge in [0.25, 0.3) is 0 Å². The molecule has 18 heavy (non-hydrogen) atoms. The van der Waals surface area contributed by atoms with E-state index < -0.39 is 0 Å². The Morgan fingerprint density at radius 3 is 2.17 bits per heavy atom. The fraction of sp³-hybridized carbons (Fsp3) is 0.571. The van der Waals surface area contributed by atoms with Gasteiger partial charge in [-0.1, -0.05) is 6.92 Å². The Balaban J connectivity index is 3.41. The summed E-state index contributed by atoms with van der Waals surface area (Å²) < 4.78 is 21.7. The van der Waals surface area contributed by atoms with Crippen LogP contribution in [0.25, 0.3) is 0 Å². The summed E-state index contributed by atoms with van der Waals surface area (Å²) in [4.78, 5) is 0. The predicted molar refractivity (Wildman–Crippen MR) is 70.8 cm³/mol. The monoisotopic (exact) mass is 254 g/mol. The second-order valence-electron chi connectivity index (χ2n) is 3.80. The number of hydrogen-bond acceptors (Lipinski definition) is 4. The van der Waals surface area contributed by atoms with E-state index in [1.807, 2.05) is 13.0 Å². The van der Waals surface area contributed by atoms with Crippen LogP contribution < -0.4 is 14.2 Å². The van der Waals surface area contributed by atoms with Gasteiger partial charge >= 0.3 is 0 Å². The molecule has 0 aliphatic carbocycles. The Bertz CT molecular complexity index is 388. The summed E-state index contributed by atoms with van der Waals surface area (Å²) in [5, 5.41) is 0. The van der Waals surface area contributed by atoms with Crippen LogP contribution in [0.15, 0.2) is 6.07 Å². The second-order valence-corrected chi connectivity index (χ2v) is 3.80. The van der Waals surface area contributed by atoms with E-state index in [1.54, 1.807) is 21.3 Å². The van der Waals surface area contributed by atoms with Gasteiger partial charge in [-0.3, -0.25) is 0 Å². The van der Waals surface area contributed by atoms with Gasteiger partial charge in [0.05, 0.1) is 27.4 Å². The van der Waals surface area contributed by atoms with Crippen molar-refractivity contribution in [1.82, 2.24) is 0 Å². The summed E-state index contributed by atoms with van der Waals surface area (Å²) in [6, 6.07) is 1.95. The minimum atomic E-state index is 0.530. The van der Waals surface area contributed by atoms with Gasteiger partial charge < -0.3 is 18.9 Å². The van der Waals surface area contributed by atoms with Gasteiger partial charge in [0.1, 0.15) is 0 Å². The molecule has 0 saturated carbocycles. The summed E-state index contributed by atoms with van der Waals surface area (Å²) in [6.07, 6.45) is 0.853. The van der Waals surface area contributed by atoms with Crippen molar-refractivity contribution in [3.05, 3.63) is 17.2 Å². The molecule has 0 N–H and O–H groups in total. The molecule has 0 amide bonds. The molecule has 0 radical (unpaired) electrons. The lowest BCUT2D eigenvalue weighted by atomic mass is 10.0. The lowest BCUT2D eigenvalue weighted by Crippen LogP contribution is -2.05. The first-order chi connectivity index (χ1) is 8.73. The molecule has 0 aromatic heterocycles. The number of methoxy groups -OCH3 is 3. The first-order valence-electron chi connectivity index (χ1n) is 6.11. The van der Waals surface area contributed by atoms with E-state index in [9.17, 15) is 0 Å². The number of benzene rings is 1. The van der Waals surface area contributed by atoms with Crippen molar-refractivity contribution in [3.63, 3.8) is 0 Å². The molecule has 0 heterocycles. The highest BCUT2D eigenvalue weighted by atomic mass is 16.5. The van der Waals surface area contributed by atoms with Crippen molar-refractivity contribution in [3.8, 4) is 17.2 Å². The van der Waals surface area contributed by atoms with Gasteiger partial charge in [-0.15, -0.1) is 0 Å². The highest BCUT2D eigenvalue weighted by Crippen LogP contribution is 2.42. The summed E-state index contributed by atoms with van der Waals surface area (Å²) >= 11 is 0. The Kier molecular flexibility index (Phi) is 5.78. The zero-order valence-electron chi connectivity index (χ0n) is 11.8. The standard InChI is InChI=1S/C14H22O4/c1-6-11-10(9-15-3)8-12(16-4)14(18-7-2)13(11)17-5/h8H,6-7,9H2,1-5H3. The van der Waals surface area contributed by atoms with Crippen LogP contribution in [0.2, 0.25) is 0 Å². The molecule has 4 heteroatoms. The van der Waals surface area contributed by atoms with Crippen LogP contribution in [0.3, 0.4) is 0 Å². The topological polar surface area (TPSA) is 36.9 Å². The molecule has 0 bridgehead atoms. The van der Waals surface area contributed by atoms with E-state index in [-0.39, 0.29) is 0 Å². The molecule has 0 unspecified atom stereocenters. The van der Waals surface area contributed by atoms with E-state index in [0.29, 0.717) is 24.7 Å². The van der Waals surface area contributed by atoms with Crippen LogP contribution in [-0.4, -0.2) is 27.9 Å². The fourth-order valence-corrected chi connectivity index (χ4v) is 2.03. The summed E-state index contributed by atoms with van der Waals surface area (Å²) in [6.45, 7) is 5.12. The first kappa shape index (κ1) is 14.6. The molecule has 1 aromatic carbocycles. The van der Waals surface area contributed by atoms with Crippen LogP contribution in [0.4, 0.5) is 0 Å². The van der Waals surface area contributed by atoms with E-state index in [0.717, 1.165) is 23.3 Å². The number of ether oxygens (including phenoxy) is 4. The molecule has 0 fully saturated rings. The Labute approximate surface area is 109 Å². The minimum absolute atomic E-state index is 0.530. The Hall–Kier alpha value is -1.42. The normalized spacial score (nSPS) is 10.3. The molecule has 1 aromatic rings. The summed E-state index contributed by atoms with van der Waals surface area (Å²) in [5.74, 6) is 2.09. The van der Waals surface area contributed by atoms with Crippen molar-refractivity contribution < 1.29 is 18.9 Å². The van der Waals surface area contributed by atoms with Crippen LogP contribution in [0.1, 0.15) is 25.0 Å². The molecule has 0 aliphatic heterocycles. The maximum atomic E-state index is 5.63. The first-order valence-corrected chi connectivity index (χ1v) is 6.11. The molecule has 0 aliphatic rings. The third-order valence-electron chi connectivity index (χ3n) is 2.76. The zero-order valence-corrected chi connectivity index (χ0v) is 11.8. The maximum absolute atomic E-state index is 5.63. The van der Waals surface area contributed by atoms with Crippen molar-refractivity contribution in [2.24, 2.45) is 0 Å². The average molecular weight is 254 g/mol. The smallest absolute Gasteiger partial charge is 0.203 e. The van der Waals surface area contributed by atoms with Crippen molar-refractivity contribution in [2.45, 2.75) is 26.9 Å². The zero-order chi connectivity index (χ0) is 13.5. The average Bonchev–Trinajstić information content (AvgIpc) is 2.39. The van der Waals surface area contributed by atoms with Crippen molar-refractivity contribution in [1.29, 1.82) is 0 Å². The summed E-state index contributed by atoms with van der Waals surface area (Å²) in [5.41, 5.74) is 2.17. The highest BCUT2D eigenvalue weighted by molar-refractivity contribution is 5.59. The summed E-state index contributed by atoms with van der Waals surface area (Å²) in [7, 11) is 4.95. The molecule has 1 rings (SSSR count). The van der Waals surface area contributed by atoms with Gasteiger partial charge in [-0.25, -0.2) is 0 Å². The quantitative estimate of drug-likeness (QED) is 0.749. The molecule has 0 atom stereocenters. The number of rotatable bonds is 7. The van der Waals surface area contributed by atoms with E-state index in [1.165, 1.54) is 0 Å². The third kappa shape index (κ3) is 2.88. The van der Waals surface area contributed by atoms with Crippen LogP contribution in [0.5, 0.6) is 17.2 Å². The predicted octanol–water partition coefficient (Wildman–Crippen LogP) is 2.81. The van der Waals surface area contributed by atoms with Gasteiger partial charge in [0, 0.05) is 12.7 Å². The van der Waals surface area contributed by atoms with Crippen LogP contribution in [0, 0.1) is 0 Å². The minimum Gasteiger partial charge on any atom is -0.493 e. The van der Waals surface area contributed by atoms with Gasteiger partial charge in [-0.05, 0) is 25.0 Å². The molecule has 0 spiro atoms. The van der Waals surface area contributed by atoms with Crippen molar-refractivity contribution >= 4 is 0 Å². The third-order valence-corrected chi connectivity index (χ3v) is 2.76. The maximum Gasteiger partial charge on any atom is 0.203 e. The van der Waals surface area contributed by atoms with Crippen molar-refractivity contribution in [2.75, 3.05) is 27.9 Å². The lowest BCUT2D eigenvalue weighted by Gasteiger charge is -2.19.